The Hall–Kier alpha value is -3.82. The number of benzene rings is 4. The first-order valence-corrected chi connectivity index (χ1v) is 12.5. The Kier molecular flexibility index (Phi) is 9.56. The molecule has 5 nitrogen and oxygen atoms in total. The first-order chi connectivity index (χ1) is 18.1. The van der Waals surface area contributed by atoms with Crippen molar-refractivity contribution in [1.29, 1.82) is 5.26 Å². The van der Waals surface area contributed by atoms with Crippen LogP contribution in [-0.4, -0.2) is 17.3 Å². The quantitative estimate of drug-likeness (QED) is 0.161. The Balaban J connectivity index is 1.44. The molecule has 0 saturated carbocycles. The van der Waals surface area contributed by atoms with E-state index in [9.17, 15) is 5.11 Å². The number of hydrogen-bond donors (Lipinski definition) is 1. The minimum atomic E-state index is -0.552. The van der Waals surface area contributed by atoms with Gasteiger partial charge in [-0.25, -0.2) is 0 Å². The maximum absolute atomic E-state index is 9.60. The Morgan fingerprint density at radius 2 is 1.54 bits per heavy atom. The van der Waals surface area contributed by atoms with Crippen molar-refractivity contribution in [2.24, 2.45) is 0 Å². The number of nitriles is 1. The van der Waals surface area contributed by atoms with Crippen LogP contribution in [-0.2, 0) is 35.5 Å². The van der Waals surface area contributed by atoms with Gasteiger partial charge in [0.2, 0.25) is 0 Å². The molecule has 37 heavy (non-hydrogen) atoms. The molecule has 0 bridgehead atoms. The molecule has 1 atom stereocenters. The highest BCUT2D eigenvalue weighted by molar-refractivity contribution is 6.19. The number of aromatic hydroxyl groups is 1. The van der Waals surface area contributed by atoms with Crippen LogP contribution in [0.25, 0.3) is 0 Å². The Bertz CT molecular complexity index is 1300. The zero-order chi connectivity index (χ0) is 25.9. The van der Waals surface area contributed by atoms with E-state index in [0.29, 0.717) is 49.7 Å². The van der Waals surface area contributed by atoms with E-state index in [1.54, 1.807) is 36.4 Å². The highest BCUT2D eigenvalue weighted by Crippen LogP contribution is 2.31. The summed E-state index contributed by atoms with van der Waals surface area (Å²) in [6.45, 7) is 1.39. The minimum Gasteiger partial charge on any atom is -0.508 e. The van der Waals surface area contributed by atoms with Gasteiger partial charge in [0.05, 0.1) is 31.5 Å². The van der Waals surface area contributed by atoms with Gasteiger partial charge < -0.3 is 19.3 Å². The van der Waals surface area contributed by atoms with Crippen LogP contribution < -0.4 is 4.74 Å². The lowest BCUT2D eigenvalue weighted by molar-refractivity contribution is 0.0938. The summed E-state index contributed by atoms with van der Waals surface area (Å²) >= 11 is 6.59. The zero-order valence-electron chi connectivity index (χ0n) is 20.3. The summed E-state index contributed by atoms with van der Waals surface area (Å²) < 4.78 is 18.0. The molecule has 4 rings (SSSR count). The van der Waals surface area contributed by atoms with E-state index in [1.807, 2.05) is 60.7 Å². The fraction of sp³-hybridized carbons (Fsp3) is 0.194. The molecule has 0 amide bonds. The van der Waals surface area contributed by atoms with Gasteiger partial charge in [-0.1, -0.05) is 66.2 Å². The maximum atomic E-state index is 9.60. The van der Waals surface area contributed by atoms with Crippen LogP contribution in [0.3, 0.4) is 0 Å². The summed E-state index contributed by atoms with van der Waals surface area (Å²) in [5.74, 6) is 1.52. The number of ether oxygens (including phenoxy) is 3. The predicted molar refractivity (Wildman–Crippen MR) is 144 cm³/mol. The number of alkyl halides is 1. The molecule has 0 aliphatic carbocycles. The van der Waals surface area contributed by atoms with Crippen molar-refractivity contribution in [3.05, 3.63) is 125 Å². The van der Waals surface area contributed by atoms with E-state index in [2.05, 4.69) is 6.07 Å². The van der Waals surface area contributed by atoms with Crippen molar-refractivity contribution in [3.8, 4) is 23.3 Å². The normalized spacial score (nSPS) is 11.6. The molecule has 0 saturated heterocycles. The van der Waals surface area contributed by atoms with Gasteiger partial charge in [-0.15, -0.1) is 0 Å². The number of halogens is 1. The predicted octanol–water partition coefficient (Wildman–Crippen LogP) is 7.14. The summed E-state index contributed by atoms with van der Waals surface area (Å²) in [7, 11) is 0. The Morgan fingerprint density at radius 1 is 0.811 bits per heavy atom. The van der Waals surface area contributed by atoms with Gasteiger partial charge in [0, 0.05) is 12.0 Å². The molecule has 0 radical (unpaired) electrons. The van der Waals surface area contributed by atoms with E-state index < -0.39 is 5.56 Å². The summed E-state index contributed by atoms with van der Waals surface area (Å²) in [4.78, 5) is 0. The number of rotatable bonds is 12. The third kappa shape index (κ3) is 8.09. The molecule has 0 heterocycles. The number of nitrogens with zero attached hydrogens (tertiary/aromatic N) is 1. The molecule has 6 heteroatoms. The van der Waals surface area contributed by atoms with Crippen LogP contribution in [0.1, 0.15) is 27.8 Å². The summed E-state index contributed by atoms with van der Waals surface area (Å²) in [5, 5.41) is 18.6. The molecule has 188 valence electrons. The molecule has 0 aliphatic heterocycles. The topological polar surface area (TPSA) is 71.7 Å². The lowest BCUT2D eigenvalue weighted by Gasteiger charge is -2.18. The van der Waals surface area contributed by atoms with Crippen molar-refractivity contribution in [3.63, 3.8) is 0 Å². The number of hydrogen-bond acceptors (Lipinski definition) is 5. The largest absolute Gasteiger partial charge is 0.508 e. The highest BCUT2D eigenvalue weighted by atomic mass is 35.5. The summed E-state index contributed by atoms with van der Waals surface area (Å²) in [5.41, 5.74) is 4.13. The van der Waals surface area contributed by atoms with Crippen LogP contribution in [0.5, 0.6) is 17.2 Å². The standard InChI is InChI=1S/C31H28ClNO4/c32-31(36-22-25-11-9-23(20-33)10-12-25)19-26-7-4-8-30(37-28-15-13-27(34)14-16-28)29(26)17-18-35-21-24-5-2-1-3-6-24/h1-16,31,34H,17-19,21-22H2. The van der Waals surface area contributed by atoms with Gasteiger partial charge in [-0.3, -0.25) is 0 Å². The van der Waals surface area contributed by atoms with Crippen LogP contribution in [0.2, 0.25) is 0 Å². The van der Waals surface area contributed by atoms with Crippen molar-refractivity contribution in [2.45, 2.75) is 31.6 Å². The second kappa shape index (κ2) is 13.5. The molecule has 0 aromatic heterocycles. The van der Waals surface area contributed by atoms with Crippen molar-refractivity contribution in [2.75, 3.05) is 6.61 Å². The van der Waals surface area contributed by atoms with Gasteiger partial charge in [0.1, 0.15) is 22.8 Å². The van der Waals surface area contributed by atoms with Gasteiger partial charge >= 0.3 is 0 Å². The second-order valence-corrected chi connectivity index (χ2v) is 9.00. The first-order valence-electron chi connectivity index (χ1n) is 12.0. The van der Waals surface area contributed by atoms with Gasteiger partial charge in [0.15, 0.2) is 0 Å². The van der Waals surface area contributed by atoms with Gasteiger partial charge in [-0.05, 0) is 65.6 Å². The van der Waals surface area contributed by atoms with Crippen LogP contribution >= 0.6 is 11.6 Å². The molecule has 0 spiro atoms. The third-order valence-electron chi connectivity index (χ3n) is 5.80. The van der Waals surface area contributed by atoms with Crippen LogP contribution in [0, 0.1) is 11.3 Å². The first kappa shape index (κ1) is 26.2. The van der Waals surface area contributed by atoms with Crippen molar-refractivity contribution < 1.29 is 19.3 Å². The van der Waals surface area contributed by atoms with E-state index in [0.717, 1.165) is 22.3 Å². The van der Waals surface area contributed by atoms with Crippen LogP contribution in [0.15, 0.2) is 97.1 Å². The fourth-order valence-electron chi connectivity index (χ4n) is 3.86. The van der Waals surface area contributed by atoms with Crippen molar-refractivity contribution in [1.82, 2.24) is 0 Å². The molecular formula is C31H28ClNO4. The smallest absolute Gasteiger partial charge is 0.135 e. The molecular weight excluding hydrogens is 486 g/mol. The summed E-state index contributed by atoms with van der Waals surface area (Å²) in [6, 6.07) is 31.9. The van der Waals surface area contributed by atoms with E-state index in [1.165, 1.54) is 0 Å². The van der Waals surface area contributed by atoms with E-state index >= 15 is 0 Å². The average Bonchev–Trinajstić information content (AvgIpc) is 2.93. The maximum Gasteiger partial charge on any atom is 0.135 e. The molecule has 4 aromatic rings. The second-order valence-electron chi connectivity index (χ2n) is 8.51. The van der Waals surface area contributed by atoms with Crippen LogP contribution in [0.4, 0.5) is 0 Å². The Morgan fingerprint density at radius 3 is 2.27 bits per heavy atom. The van der Waals surface area contributed by atoms with E-state index in [4.69, 9.17) is 31.1 Å². The van der Waals surface area contributed by atoms with Crippen molar-refractivity contribution >= 4 is 11.6 Å². The molecule has 1 unspecified atom stereocenters. The number of phenols is 1. The van der Waals surface area contributed by atoms with Gasteiger partial charge in [-0.2, -0.15) is 5.26 Å². The van der Waals surface area contributed by atoms with E-state index in [-0.39, 0.29) is 5.75 Å². The highest BCUT2D eigenvalue weighted by Gasteiger charge is 2.15. The lowest BCUT2D eigenvalue weighted by Crippen LogP contribution is -2.12. The zero-order valence-corrected chi connectivity index (χ0v) is 21.1. The molecule has 1 N–H and O–H groups in total. The molecule has 0 fully saturated rings. The molecule has 0 aliphatic rings. The average molecular weight is 514 g/mol. The molecule has 4 aromatic carbocycles. The number of phenolic OH excluding ortho intramolecular Hbond substituents is 1. The monoisotopic (exact) mass is 513 g/mol. The fourth-order valence-corrected chi connectivity index (χ4v) is 4.08. The third-order valence-corrected chi connectivity index (χ3v) is 6.08. The lowest BCUT2D eigenvalue weighted by atomic mass is 10.0. The summed E-state index contributed by atoms with van der Waals surface area (Å²) in [6.07, 6.45) is 1.12. The minimum absolute atomic E-state index is 0.181. The van der Waals surface area contributed by atoms with Gasteiger partial charge in [0.25, 0.3) is 0 Å². The Labute approximate surface area is 222 Å². The SMILES string of the molecule is N#Cc1ccc(COC(Cl)Cc2cccc(Oc3ccc(O)cc3)c2CCOCc2ccccc2)cc1.